The Morgan fingerprint density at radius 2 is 2.05 bits per heavy atom. The van der Waals surface area contributed by atoms with Gasteiger partial charge in [0.15, 0.2) is 0 Å². The lowest BCUT2D eigenvalue weighted by atomic mass is 10.1. The number of rotatable bonds is 3. The molecule has 0 atom stereocenters. The molecule has 1 fully saturated rings. The van der Waals surface area contributed by atoms with Gasteiger partial charge in [-0.15, -0.1) is 0 Å². The maximum Gasteiger partial charge on any atom is 0.253 e. The fraction of sp³-hybridized carbons (Fsp3) is 0.462. The lowest BCUT2D eigenvalue weighted by Crippen LogP contribution is -2.39. The van der Waals surface area contributed by atoms with Crippen LogP contribution in [0.15, 0.2) is 18.2 Å². The molecular weight excluding hydrogens is 284 g/mol. The van der Waals surface area contributed by atoms with Gasteiger partial charge in [-0.3, -0.25) is 9.00 Å². The maximum atomic E-state index is 12.2. The van der Waals surface area contributed by atoms with E-state index < -0.39 is 10.8 Å². The molecule has 0 saturated carbocycles. The lowest BCUT2D eigenvalue weighted by Gasteiger charge is -2.23. The summed E-state index contributed by atoms with van der Waals surface area (Å²) in [4.78, 5) is 12.2. The summed E-state index contributed by atoms with van der Waals surface area (Å²) in [6, 6.07) is 5.29. The second-order valence-electron chi connectivity index (χ2n) is 4.54. The van der Waals surface area contributed by atoms with Crippen molar-refractivity contribution < 1.29 is 9.00 Å². The highest BCUT2D eigenvalue weighted by Crippen LogP contribution is 2.21. The Kier molecular flexibility index (Phi) is 4.82. The van der Waals surface area contributed by atoms with Crippen LogP contribution in [0.25, 0.3) is 0 Å². The van der Waals surface area contributed by atoms with Gasteiger partial charge in [0.1, 0.15) is 0 Å². The van der Waals surface area contributed by atoms with Crippen molar-refractivity contribution >= 4 is 34.0 Å². The quantitative estimate of drug-likeness (QED) is 0.898. The second-order valence-corrected chi connectivity index (χ2v) is 6.67. The first-order valence-corrected chi connectivity index (χ1v) is 8.10. The first kappa shape index (κ1) is 14.3. The van der Waals surface area contributed by atoms with Crippen molar-refractivity contribution in [1.29, 1.82) is 0 Å². The molecule has 0 radical (unpaired) electrons. The van der Waals surface area contributed by atoms with Gasteiger partial charge in [-0.05, 0) is 31.0 Å². The number of benzene rings is 1. The standard InChI is InChI=1S/C13H17ClN2O2S/c1-15-12-3-2-9(14)8-11(12)13(17)16-10-4-6-19(18)7-5-10/h2-3,8,10,15H,4-7H2,1H3,(H,16,17). The van der Waals surface area contributed by atoms with Crippen LogP contribution < -0.4 is 10.6 Å². The average molecular weight is 301 g/mol. The molecule has 0 bridgehead atoms. The van der Waals surface area contributed by atoms with E-state index >= 15 is 0 Å². The first-order chi connectivity index (χ1) is 9.10. The number of anilines is 1. The number of hydrogen-bond donors (Lipinski definition) is 2. The van der Waals surface area contributed by atoms with Crippen LogP contribution in [0.5, 0.6) is 0 Å². The molecule has 0 aliphatic carbocycles. The Morgan fingerprint density at radius 3 is 2.68 bits per heavy atom. The Bertz CT molecular complexity index is 497. The van der Waals surface area contributed by atoms with Crippen LogP contribution in [0.4, 0.5) is 5.69 Å². The highest BCUT2D eigenvalue weighted by Gasteiger charge is 2.21. The molecule has 1 aliphatic rings. The van der Waals surface area contributed by atoms with Crippen LogP contribution in [-0.2, 0) is 10.8 Å². The molecule has 0 spiro atoms. The zero-order chi connectivity index (χ0) is 13.8. The van der Waals surface area contributed by atoms with Gasteiger partial charge in [0.25, 0.3) is 5.91 Å². The molecule has 1 aromatic carbocycles. The van der Waals surface area contributed by atoms with Crippen molar-refractivity contribution in [2.24, 2.45) is 0 Å². The van der Waals surface area contributed by atoms with Gasteiger partial charge in [-0.2, -0.15) is 0 Å². The third kappa shape index (κ3) is 3.70. The van der Waals surface area contributed by atoms with Crippen molar-refractivity contribution in [2.45, 2.75) is 18.9 Å². The molecule has 19 heavy (non-hydrogen) atoms. The minimum Gasteiger partial charge on any atom is -0.387 e. The molecule has 1 saturated heterocycles. The van der Waals surface area contributed by atoms with Crippen molar-refractivity contribution in [1.82, 2.24) is 5.32 Å². The van der Waals surface area contributed by atoms with E-state index in [9.17, 15) is 9.00 Å². The third-order valence-electron chi connectivity index (χ3n) is 3.22. The predicted molar refractivity (Wildman–Crippen MR) is 79.4 cm³/mol. The summed E-state index contributed by atoms with van der Waals surface area (Å²) in [5.41, 5.74) is 1.29. The van der Waals surface area contributed by atoms with Crippen molar-refractivity contribution in [2.75, 3.05) is 23.9 Å². The molecule has 1 aliphatic heterocycles. The van der Waals surface area contributed by atoms with Crippen molar-refractivity contribution in [3.8, 4) is 0 Å². The molecule has 4 nitrogen and oxygen atoms in total. The van der Waals surface area contributed by atoms with Crippen molar-refractivity contribution in [3.05, 3.63) is 28.8 Å². The molecule has 6 heteroatoms. The largest absolute Gasteiger partial charge is 0.387 e. The van der Waals surface area contributed by atoms with Gasteiger partial charge < -0.3 is 10.6 Å². The van der Waals surface area contributed by atoms with Crippen LogP contribution in [0.1, 0.15) is 23.2 Å². The SMILES string of the molecule is CNc1ccc(Cl)cc1C(=O)NC1CCS(=O)CC1. The summed E-state index contributed by atoms with van der Waals surface area (Å²) in [5, 5.41) is 6.50. The fourth-order valence-electron chi connectivity index (χ4n) is 2.12. The molecule has 104 valence electrons. The van der Waals surface area contributed by atoms with Crippen molar-refractivity contribution in [3.63, 3.8) is 0 Å². The van der Waals surface area contributed by atoms with E-state index in [2.05, 4.69) is 10.6 Å². The molecule has 2 rings (SSSR count). The number of halogens is 1. The molecule has 0 aromatic heterocycles. The molecule has 0 unspecified atom stereocenters. The first-order valence-electron chi connectivity index (χ1n) is 6.23. The van der Waals surface area contributed by atoms with Crippen LogP contribution in [0, 0.1) is 0 Å². The zero-order valence-corrected chi connectivity index (χ0v) is 12.3. The summed E-state index contributed by atoms with van der Waals surface area (Å²) in [7, 11) is 1.05. The Hall–Kier alpha value is -1.07. The molecular formula is C13H17ClN2O2S. The van der Waals surface area contributed by atoms with Crippen LogP contribution in [0.3, 0.4) is 0 Å². The van der Waals surface area contributed by atoms with E-state index in [1.54, 1.807) is 25.2 Å². The molecule has 1 amide bonds. The van der Waals surface area contributed by atoms with Gasteiger partial charge in [-0.1, -0.05) is 11.6 Å². The minimum absolute atomic E-state index is 0.105. The monoisotopic (exact) mass is 300 g/mol. The number of carbonyl (C=O) groups excluding carboxylic acids is 1. The Labute approximate surface area is 120 Å². The van der Waals surface area contributed by atoms with E-state index in [1.807, 2.05) is 0 Å². The lowest BCUT2D eigenvalue weighted by molar-refractivity contribution is 0.0935. The van der Waals surface area contributed by atoms with Crippen LogP contribution >= 0.6 is 11.6 Å². The minimum atomic E-state index is -0.715. The van der Waals surface area contributed by atoms with Gasteiger partial charge >= 0.3 is 0 Å². The van der Waals surface area contributed by atoms with E-state index in [0.29, 0.717) is 22.1 Å². The van der Waals surface area contributed by atoms with Gasteiger partial charge in [0.2, 0.25) is 0 Å². The van der Waals surface area contributed by atoms with Gasteiger partial charge in [0, 0.05) is 46.1 Å². The average Bonchev–Trinajstić information content (AvgIpc) is 2.41. The number of carbonyl (C=O) groups is 1. The maximum absolute atomic E-state index is 12.2. The van der Waals surface area contributed by atoms with Gasteiger partial charge in [-0.25, -0.2) is 0 Å². The Balaban J connectivity index is 2.07. The number of hydrogen-bond acceptors (Lipinski definition) is 3. The smallest absolute Gasteiger partial charge is 0.253 e. The van der Waals surface area contributed by atoms with E-state index in [0.717, 1.165) is 18.5 Å². The topological polar surface area (TPSA) is 58.2 Å². The summed E-state index contributed by atoms with van der Waals surface area (Å²) in [5.74, 6) is 1.20. The third-order valence-corrected chi connectivity index (χ3v) is 4.84. The summed E-state index contributed by atoms with van der Waals surface area (Å²) in [6.07, 6.45) is 1.54. The second kappa shape index (κ2) is 6.39. The summed E-state index contributed by atoms with van der Waals surface area (Å²) >= 11 is 5.93. The normalized spacial score (nSPS) is 22.8. The van der Waals surface area contributed by atoms with Crippen LogP contribution in [0.2, 0.25) is 5.02 Å². The van der Waals surface area contributed by atoms with Crippen LogP contribution in [-0.4, -0.2) is 34.7 Å². The predicted octanol–water partition coefficient (Wildman–Crippen LogP) is 2.02. The fourth-order valence-corrected chi connectivity index (χ4v) is 3.59. The van der Waals surface area contributed by atoms with E-state index in [-0.39, 0.29) is 11.9 Å². The van der Waals surface area contributed by atoms with Gasteiger partial charge in [0.05, 0.1) is 5.56 Å². The number of amides is 1. The Morgan fingerprint density at radius 1 is 1.37 bits per heavy atom. The zero-order valence-electron chi connectivity index (χ0n) is 10.7. The highest BCUT2D eigenvalue weighted by molar-refractivity contribution is 7.85. The highest BCUT2D eigenvalue weighted by atomic mass is 35.5. The number of nitrogens with one attached hydrogen (secondary N) is 2. The van der Waals surface area contributed by atoms with E-state index in [4.69, 9.17) is 11.6 Å². The van der Waals surface area contributed by atoms with E-state index in [1.165, 1.54) is 0 Å². The molecule has 1 aromatic rings. The molecule has 2 N–H and O–H groups in total. The molecule has 1 heterocycles. The summed E-state index contributed by atoms with van der Waals surface area (Å²) in [6.45, 7) is 0. The summed E-state index contributed by atoms with van der Waals surface area (Å²) < 4.78 is 11.3.